The monoisotopic (exact) mass is 240 g/mol. The maximum atomic E-state index is 12.3. The molecule has 1 saturated heterocycles. The van der Waals surface area contributed by atoms with Crippen molar-refractivity contribution in [3.63, 3.8) is 0 Å². The summed E-state index contributed by atoms with van der Waals surface area (Å²) in [6.45, 7) is 6.03. The topological polar surface area (TPSA) is 73.6 Å². The van der Waals surface area contributed by atoms with Gasteiger partial charge in [0.05, 0.1) is 31.4 Å². The summed E-state index contributed by atoms with van der Waals surface area (Å²) in [6.07, 6.45) is 0.144. The minimum atomic E-state index is -0.981. The number of carbonyl (C=O) groups excluding carboxylic acids is 1. The molecule has 0 saturated carbocycles. The van der Waals surface area contributed by atoms with Crippen molar-refractivity contribution in [2.24, 2.45) is 5.41 Å². The fourth-order valence-corrected chi connectivity index (χ4v) is 1.81. The summed E-state index contributed by atoms with van der Waals surface area (Å²) in [5.74, 6) is -0.170. The van der Waals surface area contributed by atoms with Crippen molar-refractivity contribution in [2.45, 2.75) is 39.3 Å². The van der Waals surface area contributed by atoms with Crippen LogP contribution in [0.5, 0.6) is 0 Å². The summed E-state index contributed by atoms with van der Waals surface area (Å²) in [6, 6.07) is 2.03. The first-order chi connectivity index (χ1) is 7.98. The van der Waals surface area contributed by atoms with Crippen molar-refractivity contribution in [1.29, 1.82) is 5.26 Å². The molecule has 1 N–H and O–H groups in total. The number of amides is 1. The molecule has 1 aliphatic heterocycles. The van der Waals surface area contributed by atoms with Gasteiger partial charge in [0.2, 0.25) is 5.91 Å². The number of hydrogen-bond donors (Lipinski definition) is 1. The van der Waals surface area contributed by atoms with Crippen molar-refractivity contribution in [1.82, 2.24) is 4.90 Å². The predicted molar refractivity (Wildman–Crippen MR) is 62.0 cm³/mol. The quantitative estimate of drug-likeness (QED) is 0.781. The molecule has 96 valence electrons. The van der Waals surface area contributed by atoms with Gasteiger partial charge >= 0.3 is 0 Å². The summed E-state index contributed by atoms with van der Waals surface area (Å²) >= 11 is 0. The van der Waals surface area contributed by atoms with Crippen molar-refractivity contribution in [2.75, 3.05) is 19.8 Å². The normalized spacial score (nSPS) is 28.3. The zero-order valence-electron chi connectivity index (χ0n) is 10.6. The van der Waals surface area contributed by atoms with Crippen molar-refractivity contribution in [3.05, 3.63) is 0 Å². The average Bonchev–Trinajstić information content (AvgIpc) is 2.37. The van der Waals surface area contributed by atoms with E-state index in [2.05, 4.69) is 6.07 Å². The predicted octanol–water partition coefficient (Wildman–Crippen LogP) is 0.534. The van der Waals surface area contributed by atoms with Crippen LogP contribution in [-0.2, 0) is 9.53 Å². The molecule has 0 aromatic carbocycles. The number of aliphatic hydroxyl groups excluding tert-OH is 1. The highest BCUT2D eigenvalue weighted by atomic mass is 16.5. The summed E-state index contributed by atoms with van der Waals surface area (Å²) in [7, 11) is 0. The lowest BCUT2D eigenvalue weighted by Crippen LogP contribution is -2.55. The standard InChI is InChI=1S/C12H20N2O3/c1-4-12(3,8-13)11(16)14-5-10(6-15)17-7-9(14)2/h9-10,15H,4-7H2,1-3H3. The molecule has 0 aromatic heterocycles. The van der Waals surface area contributed by atoms with Crippen LogP contribution >= 0.6 is 0 Å². The Morgan fingerprint density at radius 3 is 2.82 bits per heavy atom. The van der Waals surface area contributed by atoms with Gasteiger partial charge in [-0.2, -0.15) is 5.26 Å². The highest BCUT2D eigenvalue weighted by Crippen LogP contribution is 2.26. The number of ether oxygens (including phenoxy) is 1. The number of carbonyl (C=O) groups is 1. The maximum Gasteiger partial charge on any atom is 0.243 e. The Bertz CT molecular complexity index is 326. The van der Waals surface area contributed by atoms with E-state index in [4.69, 9.17) is 15.1 Å². The highest BCUT2D eigenvalue weighted by Gasteiger charge is 2.39. The Morgan fingerprint density at radius 2 is 2.35 bits per heavy atom. The van der Waals surface area contributed by atoms with E-state index >= 15 is 0 Å². The van der Waals surface area contributed by atoms with Crippen molar-refractivity contribution < 1.29 is 14.6 Å². The van der Waals surface area contributed by atoms with Crippen molar-refractivity contribution in [3.8, 4) is 6.07 Å². The Morgan fingerprint density at radius 1 is 1.71 bits per heavy atom. The first-order valence-electron chi connectivity index (χ1n) is 5.93. The van der Waals surface area contributed by atoms with Gasteiger partial charge in [-0.3, -0.25) is 4.79 Å². The van der Waals surface area contributed by atoms with E-state index < -0.39 is 5.41 Å². The molecule has 0 bridgehead atoms. The fraction of sp³-hybridized carbons (Fsp3) is 0.833. The molecule has 1 amide bonds. The molecule has 0 aromatic rings. The average molecular weight is 240 g/mol. The van der Waals surface area contributed by atoms with E-state index in [-0.39, 0.29) is 24.7 Å². The second kappa shape index (κ2) is 5.48. The van der Waals surface area contributed by atoms with Gasteiger partial charge in [0, 0.05) is 6.54 Å². The third-order valence-electron chi connectivity index (χ3n) is 3.40. The second-order valence-electron chi connectivity index (χ2n) is 4.74. The summed E-state index contributed by atoms with van der Waals surface area (Å²) in [5.41, 5.74) is -0.981. The highest BCUT2D eigenvalue weighted by molar-refractivity contribution is 5.85. The molecule has 17 heavy (non-hydrogen) atoms. The summed E-state index contributed by atoms with van der Waals surface area (Å²) in [5, 5.41) is 18.2. The number of nitriles is 1. The first kappa shape index (κ1) is 13.9. The molecule has 3 unspecified atom stereocenters. The van der Waals surface area contributed by atoms with Crippen LogP contribution in [0, 0.1) is 16.7 Å². The van der Waals surface area contributed by atoms with Gasteiger partial charge < -0.3 is 14.7 Å². The molecule has 1 heterocycles. The van der Waals surface area contributed by atoms with Crippen molar-refractivity contribution >= 4 is 5.91 Å². The summed E-state index contributed by atoms with van der Waals surface area (Å²) < 4.78 is 5.37. The molecule has 0 radical (unpaired) electrons. The lowest BCUT2D eigenvalue weighted by molar-refractivity contribution is -0.153. The molecule has 1 rings (SSSR count). The number of morpholine rings is 1. The Hall–Kier alpha value is -1.12. The fourth-order valence-electron chi connectivity index (χ4n) is 1.81. The van der Waals surface area contributed by atoms with E-state index in [1.807, 2.05) is 13.8 Å². The SMILES string of the molecule is CCC(C)(C#N)C(=O)N1CC(CO)OCC1C. The molecular formula is C12H20N2O3. The van der Waals surface area contributed by atoms with E-state index in [0.29, 0.717) is 19.6 Å². The molecule has 1 aliphatic rings. The summed E-state index contributed by atoms with van der Waals surface area (Å²) in [4.78, 5) is 14.0. The third-order valence-corrected chi connectivity index (χ3v) is 3.40. The van der Waals surface area contributed by atoms with Gasteiger partial charge in [-0.15, -0.1) is 0 Å². The van der Waals surface area contributed by atoms with Gasteiger partial charge in [0.1, 0.15) is 5.41 Å². The molecule has 0 spiro atoms. The number of rotatable bonds is 3. The Balaban J connectivity index is 2.83. The Kier molecular flexibility index (Phi) is 4.49. The minimum Gasteiger partial charge on any atom is -0.394 e. The third kappa shape index (κ3) is 2.76. The number of aliphatic hydroxyl groups is 1. The van der Waals surface area contributed by atoms with E-state index in [9.17, 15) is 4.79 Å². The zero-order valence-corrected chi connectivity index (χ0v) is 10.6. The van der Waals surface area contributed by atoms with Gasteiger partial charge in [-0.05, 0) is 20.3 Å². The molecule has 5 heteroatoms. The van der Waals surface area contributed by atoms with Crippen LogP contribution < -0.4 is 0 Å². The largest absolute Gasteiger partial charge is 0.394 e. The molecule has 1 fully saturated rings. The smallest absolute Gasteiger partial charge is 0.243 e. The number of nitrogens with zero attached hydrogens (tertiary/aromatic N) is 2. The lowest BCUT2D eigenvalue weighted by Gasteiger charge is -2.40. The molecular weight excluding hydrogens is 220 g/mol. The van der Waals surface area contributed by atoms with E-state index in [1.165, 1.54) is 0 Å². The van der Waals surface area contributed by atoms with Crippen LogP contribution in [0.4, 0.5) is 0 Å². The van der Waals surface area contributed by atoms with Gasteiger partial charge in [-0.1, -0.05) is 6.92 Å². The molecule has 5 nitrogen and oxygen atoms in total. The lowest BCUT2D eigenvalue weighted by atomic mass is 9.87. The van der Waals surface area contributed by atoms with Crippen LogP contribution in [-0.4, -0.2) is 47.8 Å². The zero-order chi connectivity index (χ0) is 13.1. The second-order valence-corrected chi connectivity index (χ2v) is 4.74. The minimum absolute atomic E-state index is 0.0514. The molecule has 0 aliphatic carbocycles. The van der Waals surface area contributed by atoms with Gasteiger partial charge in [-0.25, -0.2) is 0 Å². The van der Waals surface area contributed by atoms with Crippen LogP contribution in [0.1, 0.15) is 27.2 Å². The van der Waals surface area contributed by atoms with E-state index in [1.54, 1.807) is 11.8 Å². The van der Waals surface area contributed by atoms with Crippen LogP contribution in [0.2, 0.25) is 0 Å². The Labute approximate surface area is 102 Å². The molecule has 3 atom stereocenters. The van der Waals surface area contributed by atoms with Crippen LogP contribution in [0.25, 0.3) is 0 Å². The van der Waals surface area contributed by atoms with Crippen LogP contribution in [0.15, 0.2) is 0 Å². The van der Waals surface area contributed by atoms with Gasteiger partial charge in [0.15, 0.2) is 0 Å². The number of hydrogen-bond acceptors (Lipinski definition) is 4. The maximum absolute atomic E-state index is 12.3. The first-order valence-corrected chi connectivity index (χ1v) is 5.93. The van der Waals surface area contributed by atoms with Gasteiger partial charge in [0.25, 0.3) is 0 Å². The van der Waals surface area contributed by atoms with Crippen LogP contribution in [0.3, 0.4) is 0 Å². The van der Waals surface area contributed by atoms with E-state index in [0.717, 1.165) is 0 Å².